The summed E-state index contributed by atoms with van der Waals surface area (Å²) in [4.78, 5) is 0. The minimum Gasteiger partial charge on any atom is -1.00 e. The van der Waals surface area contributed by atoms with Crippen LogP contribution in [0.4, 0.5) is 0 Å². The molecular weight excluding hydrogens is 671 g/mol. The van der Waals surface area contributed by atoms with Crippen LogP contribution in [-0.2, 0) is 0 Å². The number of benzene rings is 1. The molecule has 0 spiro atoms. The molecule has 0 atom stereocenters. The Morgan fingerprint density at radius 3 is 1.22 bits per heavy atom. The van der Waals surface area contributed by atoms with E-state index in [2.05, 4.69) is 90.4 Å². The van der Waals surface area contributed by atoms with Crippen LogP contribution in [0.3, 0.4) is 0 Å². The molecule has 2 rings (SSSR count). The van der Waals surface area contributed by atoms with Crippen LogP contribution in [0.5, 0.6) is 0 Å². The minimum atomic E-state index is 0. The highest BCUT2D eigenvalue weighted by molar-refractivity contribution is 5.66. The fourth-order valence-electron chi connectivity index (χ4n) is 6.53. The number of unbranched alkanes of at least 4 members (excludes halogenated alkanes) is 24. The highest BCUT2D eigenvalue weighted by Gasteiger charge is 2.16. The predicted octanol–water partition coefficient (Wildman–Crippen LogP) is 10.3. The van der Waals surface area contributed by atoms with E-state index in [1.54, 1.807) is 0 Å². The van der Waals surface area contributed by atoms with Crippen LogP contribution in [0.25, 0.3) is 12.2 Å². The second-order valence-electron chi connectivity index (χ2n) is 13.7. The van der Waals surface area contributed by atoms with Gasteiger partial charge in [-0.3, -0.25) is 0 Å². The zero-order valence-electron chi connectivity index (χ0n) is 30.4. The van der Waals surface area contributed by atoms with E-state index < -0.39 is 0 Å². The maximum Gasteiger partial charge on any atom is 0.235 e. The second-order valence-corrected chi connectivity index (χ2v) is 13.7. The Labute approximate surface area is 304 Å². The van der Waals surface area contributed by atoms with Gasteiger partial charge in [-0.2, -0.15) is 5.01 Å². The van der Waals surface area contributed by atoms with Crippen molar-refractivity contribution in [1.82, 2.24) is 0 Å². The van der Waals surface area contributed by atoms with Gasteiger partial charge in [0.05, 0.1) is 13.1 Å². The van der Waals surface area contributed by atoms with Crippen molar-refractivity contribution in [1.29, 1.82) is 0 Å². The van der Waals surface area contributed by atoms with Gasteiger partial charge >= 0.3 is 0 Å². The van der Waals surface area contributed by atoms with E-state index in [0.29, 0.717) is 0 Å². The third kappa shape index (κ3) is 23.0. The van der Waals surface area contributed by atoms with Crippen LogP contribution in [0, 0.1) is 0 Å². The minimum absolute atomic E-state index is 0. The number of aromatic nitrogens is 1. The lowest BCUT2D eigenvalue weighted by molar-refractivity contribution is -0.695. The zero-order chi connectivity index (χ0) is 31.9. The molecule has 262 valence electrons. The van der Waals surface area contributed by atoms with Gasteiger partial charge in [0.15, 0.2) is 6.20 Å². The largest absolute Gasteiger partial charge is 1.00 e. The van der Waals surface area contributed by atoms with Gasteiger partial charge in [-0.25, -0.2) is 0 Å². The van der Waals surface area contributed by atoms with Crippen molar-refractivity contribution in [3.05, 3.63) is 66.0 Å². The summed E-state index contributed by atoms with van der Waals surface area (Å²) in [6.45, 7) is 6.91. The van der Waals surface area contributed by atoms with E-state index in [0.717, 1.165) is 13.1 Å². The summed E-state index contributed by atoms with van der Waals surface area (Å²) in [7, 11) is 0. The van der Waals surface area contributed by atoms with E-state index in [1.807, 2.05) is 0 Å². The Morgan fingerprint density at radius 1 is 0.435 bits per heavy atom. The summed E-state index contributed by atoms with van der Waals surface area (Å²) in [6, 6.07) is 17.3. The van der Waals surface area contributed by atoms with E-state index in [9.17, 15) is 0 Å². The molecule has 0 aliphatic rings. The van der Waals surface area contributed by atoms with Crippen molar-refractivity contribution in [2.75, 3.05) is 18.1 Å². The number of halogens is 1. The lowest BCUT2D eigenvalue weighted by Gasteiger charge is -2.19. The molecule has 0 N–H and O–H groups in total. The van der Waals surface area contributed by atoms with Crippen molar-refractivity contribution >= 4 is 12.2 Å². The molecule has 1 aromatic heterocycles. The molecule has 0 radical (unpaired) electrons. The first-order chi connectivity index (χ1) is 22.3. The normalized spacial score (nSPS) is 11.3. The van der Waals surface area contributed by atoms with Crippen LogP contribution < -0.4 is 33.7 Å². The molecule has 0 aliphatic carbocycles. The Morgan fingerprint density at radius 2 is 0.804 bits per heavy atom. The Kier molecular flexibility index (Phi) is 29.9. The smallest absolute Gasteiger partial charge is 0.235 e. The number of nitrogens with zero attached hydrogens (tertiary/aromatic N) is 2. The number of pyridine rings is 1. The van der Waals surface area contributed by atoms with Crippen molar-refractivity contribution in [3.63, 3.8) is 0 Å². The van der Waals surface area contributed by atoms with Crippen LogP contribution in [-0.4, -0.2) is 13.1 Å². The topological polar surface area (TPSA) is 7.12 Å². The predicted molar refractivity (Wildman–Crippen MR) is 201 cm³/mol. The third-order valence-electron chi connectivity index (χ3n) is 9.46. The quantitative estimate of drug-likeness (QED) is 0.0424. The SMILES string of the molecule is CCCCCCCCCCCCCCCN(CCCCCCCCCCCCCCC)[n+]1ccccc1/C=C/c1ccccc1.[I-]. The van der Waals surface area contributed by atoms with Gasteiger partial charge in [0, 0.05) is 18.2 Å². The number of rotatable bonds is 31. The van der Waals surface area contributed by atoms with Crippen molar-refractivity contribution < 1.29 is 28.7 Å². The van der Waals surface area contributed by atoms with E-state index in [4.69, 9.17) is 0 Å². The van der Waals surface area contributed by atoms with Crippen LogP contribution >= 0.6 is 0 Å². The zero-order valence-corrected chi connectivity index (χ0v) is 32.6. The molecule has 0 fully saturated rings. The molecule has 0 saturated heterocycles. The lowest BCUT2D eigenvalue weighted by Crippen LogP contribution is -3.00. The average molecular weight is 745 g/mol. The average Bonchev–Trinajstić information content (AvgIpc) is 3.07. The fraction of sp³-hybridized carbons (Fsp3) is 0.698. The highest BCUT2D eigenvalue weighted by atomic mass is 127. The molecule has 0 amide bonds. The first-order valence-electron chi connectivity index (χ1n) is 19.8. The Hall–Kier alpha value is -1.36. The van der Waals surface area contributed by atoms with Crippen molar-refractivity contribution in [2.24, 2.45) is 0 Å². The Bertz CT molecular complexity index is 897. The molecule has 0 saturated carbocycles. The summed E-state index contributed by atoms with van der Waals surface area (Å²) >= 11 is 0. The number of hydrogen-bond donors (Lipinski definition) is 0. The monoisotopic (exact) mass is 744 g/mol. The summed E-state index contributed by atoms with van der Waals surface area (Å²) in [5, 5.41) is 2.63. The maximum absolute atomic E-state index is 2.63. The standard InChI is InChI=1S/C43H73N2.HI/c1-3-5-7-9-11-13-15-17-19-21-23-25-31-39-44(40-32-26-24-22-20-18-16-14-12-10-8-6-4-2)45-41-33-30-36-43(45)38-37-42-34-28-27-29-35-42;/h27-30,33-38,41H,3-26,31-32,39-40H2,1-2H3;1H/q+1;/p-1/b38-37+;. The molecular formula is C43H73IN2. The van der Waals surface area contributed by atoms with Gasteiger partial charge in [-0.1, -0.05) is 203 Å². The van der Waals surface area contributed by atoms with Gasteiger partial charge in [-0.05, 0) is 30.5 Å². The molecule has 0 bridgehead atoms. The molecule has 1 heterocycles. The molecule has 3 heteroatoms. The van der Waals surface area contributed by atoms with Crippen LogP contribution in [0.2, 0.25) is 0 Å². The molecule has 0 aliphatic heterocycles. The van der Waals surface area contributed by atoms with Crippen LogP contribution in [0.1, 0.15) is 192 Å². The third-order valence-corrected chi connectivity index (χ3v) is 9.46. The first kappa shape index (κ1) is 42.7. The maximum atomic E-state index is 2.63. The number of hydrogen-bond acceptors (Lipinski definition) is 1. The van der Waals surface area contributed by atoms with Gasteiger partial charge < -0.3 is 24.0 Å². The van der Waals surface area contributed by atoms with Gasteiger partial charge in [-0.15, -0.1) is 0 Å². The first-order valence-corrected chi connectivity index (χ1v) is 19.8. The summed E-state index contributed by atoms with van der Waals surface area (Å²) in [6.07, 6.45) is 43.5. The molecule has 2 aromatic rings. The van der Waals surface area contributed by atoms with E-state index in [-0.39, 0.29) is 24.0 Å². The molecule has 2 nitrogen and oxygen atoms in total. The van der Waals surface area contributed by atoms with E-state index in [1.165, 1.54) is 178 Å². The highest BCUT2D eigenvalue weighted by Crippen LogP contribution is 2.15. The lowest BCUT2D eigenvalue weighted by atomic mass is 10.0. The fourth-order valence-corrected chi connectivity index (χ4v) is 6.53. The summed E-state index contributed by atoms with van der Waals surface area (Å²) < 4.78 is 2.43. The Balaban J connectivity index is 0.0000106. The molecule has 1 aromatic carbocycles. The second kappa shape index (κ2) is 32.2. The van der Waals surface area contributed by atoms with Crippen LogP contribution in [0.15, 0.2) is 54.7 Å². The van der Waals surface area contributed by atoms with Gasteiger partial charge in [0.2, 0.25) is 5.69 Å². The summed E-state index contributed by atoms with van der Waals surface area (Å²) in [5.74, 6) is 0. The van der Waals surface area contributed by atoms with E-state index >= 15 is 0 Å². The van der Waals surface area contributed by atoms with Crippen molar-refractivity contribution in [3.8, 4) is 0 Å². The van der Waals surface area contributed by atoms with Gasteiger partial charge in [0.1, 0.15) is 0 Å². The van der Waals surface area contributed by atoms with Crippen molar-refractivity contribution in [2.45, 2.75) is 181 Å². The summed E-state index contributed by atoms with van der Waals surface area (Å²) in [5.41, 5.74) is 2.53. The van der Waals surface area contributed by atoms with Gasteiger partial charge in [0.25, 0.3) is 0 Å². The molecule has 0 unspecified atom stereocenters. The molecule has 46 heavy (non-hydrogen) atoms.